The Bertz CT molecular complexity index is 741. The normalized spacial score (nSPS) is 11.5. The Hall–Kier alpha value is -2.89. The molecular formula is C20H23FN2O3. The summed E-state index contributed by atoms with van der Waals surface area (Å²) < 4.78 is 18.4. The molecule has 0 aliphatic carbocycles. The molecule has 2 rings (SSSR count). The maximum atomic E-state index is 12.9. The molecule has 5 nitrogen and oxygen atoms in total. The molecule has 0 aliphatic rings. The molecular weight excluding hydrogens is 335 g/mol. The van der Waals surface area contributed by atoms with E-state index in [0.29, 0.717) is 30.1 Å². The molecule has 0 spiro atoms. The van der Waals surface area contributed by atoms with Crippen molar-refractivity contribution in [3.63, 3.8) is 0 Å². The van der Waals surface area contributed by atoms with Crippen LogP contribution in [0.5, 0.6) is 5.75 Å². The third-order valence-corrected chi connectivity index (χ3v) is 3.95. The zero-order chi connectivity index (χ0) is 19.1. The number of halogens is 1. The average Bonchev–Trinajstić information content (AvgIpc) is 2.65. The molecule has 2 amide bonds. The molecule has 138 valence electrons. The number of nitrogens with one attached hydrogen (secondary N) is 1. The quantitative estimate of drug-likeness (QED) is 0.821. The number of carbonyl (C=O) groups is 2. The minimum absolute atomic E-state index is 0.0408. The van der Waals surface area contributed by atoms with Crippen molar-refractivity contribution in [1.29, 1.82) is 0 Å². The highest BCUT2D eigenvalue weighted by Gasteiger charge is 2.16. The van der Waals surface area contributed by atoms with Gasteiger partial charge in [-0.2, -0.15) is 0 Å². The summed E-state index contributed by atoms with van der Waals surface area (Å²) in [4.78, 5) is 26.2. The number of carbonyl (C=O) groups excluding carboxylic acids is 2. The lowest BCUT2D eigenvalue weighted by Gasteiger charge is -2.19. The fraction of sp³-hybridized carbons (Fsp3) is 0.300. The predicted octanol–water partition coefficient (Wildman–Crippen LogP) is 3.71. The number of anilines is 1. The largest absolute Gasteiger partial charge is 0.481 e. The Morgan fingerprint density at radius 3 is 2.15 bits per heavy atom. The van der Waals surface area contributed by atoms with Crippen LogP contribution in [0.2, 0.25) is 0 Å². The van der Waals surface area contributed by atoms with Crippen LogP contribution in [0.25, 0.3) is 0 Å². The van der Waals surface area contributed by atoms with Crippen LogP contribution in [0.1, 0.15) is 31.1 Å². The van der Waals surface area contributed by atoms with Gasteiger partial charge in [0.25, 0.3) is 11.8 Å². The molecule has 26 heavy (non-hydrogen) atoms. The Morgan fingerprint density at radius 1 is 1.04 bits per heavy atom. The van der Waals surface area contributed by atoms with Gasteiger partial charge < -0.3 is 15.0 Å². The van der Waals surface area contributed by atoms with Crippen LogP contribution in [0.15, 0.2) is 48.5 Å². The van der Waals surface area contributed by atoms with E-state index in [9.17, 15) is 14.0 Å². The first-order chi connectivity index (χ1) is 12.4. The minimum Gasteiger partial charge on any atom is -0.481 e. The molecule has 1 unspecified atom stereocenters. The zero-order valence-corrected chi connectivity index (χ0v) is 15.2. The van der Waals surface area contributed by atoms with Gasteiger partial charge in [-0.1, -0.05) is 0 Å². The van der Waals surface area contributed by atoms with Crippen molar-refractivity contribution >= 4 is 17.5 Å². The monoisotopic (exact) mass is 358 g/mol. The fourth-order valence-electron chi connectivity index (χ4n) is 2.40. The predicted molar refractivity (Wildman–Crippen MR) is 98.8 cm³/mol. The molecule has 1 atom stereocenters. The second-order valence-corrected chi connectivity index (χ2v) is 5.76. The van der Waals surface area contributed by atoms with Gasteiger partial charge in [0, 0.05) is 24.3 Å². The molecule has 0 saturated heterocycles. The molecule has 0 bridgehead atoms. The second-order valence-electron chi connectivity index (χ2n) is 5.76. The van der Waals surface area contributed by atoms with E-state index >= 15 is 0 Å². The van der Waals surface area contributed by atoms with Gasteiger partial charge in [0.2, 0.25) is 0 Å². The number of hydrogen-bond acceptors (Lipinski definition) is 3. The van der Waals surface area contributed by atoms with Crippen molar-refractivity contribution in [2.24, 2.45) is 0 Å². The topological polar surface area (TPSA) is 58.6 Å². The molecule has 0 radical (unpaired) electrons. The van der Waals surface area contributed by atoms with E-state index in [4.69, 9.17) is 4.74 Å². The van der Waals surface area contributed by atoms with Gasteiger partial charge in [-0.25, -0.2) is 4.39 Å². The molecule has 0 heterocycles. The highest BCUT2D eigenvalue weighted by molar-refractivity contribution is 5.96. The lowest BCUT2D eigenvalue weighted by Crippen LogP contribution is -2.31. The van der Waals surface area contributed by atoms with Crippen LogP contribution >= 0.6 is 0 Å². The number of rotatable bonds is 7. The van der Waals surface area contributed by atoms with E-state index in [1.807, 2.05) is 13.8 Å². The molecule has 1 N–H and O–H groups in total. The van der Waals surface area contributed by atoms with Crippen molar-refractivity contribution in [3.05, 3.63) is 59.9 Å². The molecule has 0 aliphatic heterocycles. The highest BCUT2D eigenvalue weighted by atomic mass is 19.1. The lowest BCUT2D eigenvalue weighted by atomic mass is 10.1. The van der Waals surface area contributed by atoms with Crippen LogP contribution in [0.4, 0.5) is 10.1 Å². The van der Waals surface area contributed by atoms with Crippen molar-refractivity contribution in [2.75, 3.05) is 18.4 Å². The summed E-state index contributed by atoms with van der Waals surface area (Å²) in [5.74, 6) is -0.332. The van der Waals surface area contributed by atoms with E-state index < -0.39 is 6.10 Å². The Labute approximate surface area is 152 Å². The number of hydrogen-bond donors (Lipinski definition) is 1. The summed E-state index contributed by atoms with van der Waals surface area (Å²) in [5.41, 5.74) is 1.14. The summed E-state index contributed by atoms with van der Waals surface area (Å²) in [6.45, 7) is 6.76. The SMILES string of the molecule is CCN(CC)C(=O)c1ccc(NC(=O)C(C)Oc2ccc(F)cc2)cc1. The van der Waals surface area contributed by atoms with E-state index in [2.05, 4.69) is 5.32 Å². The highest BCUT2D eigenvalue weighted by Crippen LogP contribution is 2.15. The van der Waals surface area contributed by atoms with Gasteiger partial charge in [0.05, 0.1) is 0 Å². The van der Waals surface area contributed by atoms with E-state index in [0.717, 1.165) is 0 Å². The van der Waals surface area contributed by atoms with Gasteiger partial charge in [-0.05, 0) is 69.3 Å². The average molecular weight is 358 g/mol. The van der Waals surface area contributed by atoms with Crippen LogP contribution in [0.3, 0.4) is 0 Å². The number of nitrogens with zero attached hydrogens (tertiary/aromatic N) is 1. The fourth-order valence-corrected chi connectivity index (χ4v) is 2.40. The smallest absolute Gasteiger partial charge is 0.265 e. The Kier molecular flexibility index (Phi) is 6.72. The molecule has 0 aromatic heterocycles. The molecule has 2 aromatic carbocycles. The molecule has 6 heteroatoms. The van der Waals surface area contributed by atoms with E-state index in [-0.39, 0.29) is 17.6 Å². The third-order valence-electron chi connectivity index (χ3n) is 3.95. The van der Waals surface area contributed by atoms with E-state index in [1.165, 1.54) is 24.3 Å². The first-order valence-corrected chi connectivity index (χ1v) is 8.57. The van der Waals surface area contributed by atoms with Gasteiger partial charge in [-0.3, -0.25) is 9.59 Å². The minimum atomic E-state index is -0.752. The maximum absolute atomic E-state index is 12.9. The van der Waals surface area contributed by atoms with Crippen molar-refractivity contribution in [1.82, 2.24) is 4.90 Å². The molecule has 0 fully saturated rings. The number of benzene rings is 2. The van der Waals surface area contributed by atoms with Gasteiger partial charge in [0.15, 0.2) is 6.10 Å². The summed E-state index contributed by atoms with van der Waals surface area (Å²) in [6.07, 6.45) is -0.752. The van der Waals surface area contributed by atoms with Gasteiger partial charge in [-0.15, -0.1) is 0 Å². The first-order valence-electron chi connectivity index (χ1n) is 8.57. The van der Waals surface area contributed by atoms with Crippen molar-refractivity contribution in [2.45, 2.75) is 26.9 Å². The third kappa shape index (κ3) is 5.05. The second kappa shape index (κ2) is 8.99. The summed E-state index contributed by atoms with van der Waals surface area (Å²) in [7, 11) is 0. The summed E-state index contributed by atoms with van der Waals surface area (Å²) >= 11 is 0. The zero-order valence-electron chi connectivity index (χ0n) is 15.2. The van der Waals surface area contributed by atoms with Crippen molar-refractivity contribution in [3.8, 4) is 5.75 Å². The van der Waals surface area contributed by atoms with E-state index in [1.54, 1.807) is 36.1 Å². The molecule has 2 aromatic rings. The van der Waals surface area contributed by atoms with Crippen LogP contribution < -0.4 is 10.1 Å². The van der Waals surface area contributed by atoms with Gasteiger partial charge in [0.1, 0.15) is 11.6 Å². The summed E-state index contributed by atoms with van der Waals surface area (Å²) in [6, 6.07) is 12.2. The van der Waals surface area contributed by atoms with Crippen LogP contribution in [-0.4, -0.2) is 35.9 Å². The van der Waals surface area contributed by atoms with Gasteiger partial charge >= 0.3 is 0 Å². The number of ether oxygens (including phenoxy) is 1. The first kappa shape index (κ1) is 19.4. The number of amides is 2. The Balaban J connectivity index is 1.96. The summed E-state index contributed by atoms with van der Waals surface area (Å²) in [5, 5.41) is 2.73. The Morgan fingerprint density at radius 2 is 1.62 bits per heavy atom. The van der Waals surface area contributed by atoms with Crippen LogP contribution in [-0.2, 0) is 4.79 Å². The maximum Gasteiger partial charge on any atom is 0.265 e. The van der Waals surface area contributed by atoms with Crippen LogP contribution in [0, 0.1) is 5.82 Å². The molecule has 0 saturated carbocycles. The standard InChI is InChI=1S/C20H23FN2O3/c1-4-23(5-2)20(25)15-6-10-17(11-7-15)22-19(24)14(3)26-18-12-8-16(21)9-13-18/h6-14H,4-5H2,1-3H3,(H,22,24). The van der Waals surface area contributed by atoms with Crippen molar-refractivity contribution < 1.29 is 18.7 Å². The lowest BCUT2D eigenvalue weighted by molar-refractivity contribution is -0.122.